The maximum Gasteiger partial charge on any atom is 0.328 e. The summed E-state index contributed by atoms with van der Waals surface area (Å²) in [5.74, 6) is -1.34. The van der Waals surface area contributed by atoms with E-state index >= 15 is 0 Å². The number of non-ortho nitro benzene ring substituents is 1. The Morgan fingerprint density at radius 2 is 2.13 bits per heavy atom. The van der Waals surface area contributed by atoms with Gasteiger partial charge in [-0.2, -0.15) is 0 Å². The van der Waals surface area contributed by atoms with Crippen LogP contribution in [0.15, 0.2) is 29.2 Å². The average Bonchev–Trinajstić information content (AvgIpc) is 2.80. The van der Waals surface area contributed by atoms with Gasteiger partial charge in [0.05, 0.1) is 16.9 Å². The number of methoxy groups -OCH3 is 1. The first-order chi connectivity index (χ1) is 10.8. The summed E-state index contributed by atoms with van der Waals surface area (Å²) in [5.41, 5.74) is 0.288. The Bertz CT molecular complexity index is 730. The number of nitro groups is 1. The van der Waals surface area contributed by atoms with Crippen LogP contribution in [-0.4, -0.2) is 40.1 Å². The average molecular weight is 336 g/mol. The normalized spacial score (nSPS) is 17.5. The maximum absolute atomic E-state index is 12.3. The highest BCUT2D eigenvalue weighted by Gasteiger charge is 2.41. The van der Waals surface area contributed by atoms with Crippen molar-refractivity contribution in [2.24, 2.45) is 0 Å². The molecule has 1 aromatic rings. The Kier molecular flexibility index (Phi) is 4.80. The molecule has 0 radical (unpaired) electrons. The first-order valence-electron chi connectivity index (χ1n) is 6.44. The largest absolute Gasteiger partial charge is 0.467 e. The third-order valence-corrected chi connectivity index (χ3v) is 4.02. The molecule has 1 aliphatic heterocycles. The van der Waals surface area contributed by atoms with E-state index in [2.05, 4.69) is 4.74 Å². The molecule has 1 heterocycles. The molecule has 0 saturated carbocycles. The Morgan fingerprint density at radius 1 is 1.43 bits per heavy atom. The zero-order valence-corrected chi connectivity index (χ0v) is 13.0. The van der Waals surface area contributed by atoms with Crippen molar-refractivity contribution in [1.29, 1.82) is 0 Å². The highest BCUT2D eigenvalue weighted by Crippen LogP contribution is 2.34. The number of nitrogens with zero attached hydrogens (tertiary/aromatic N) is 2. The molecule has 120 valence electrons. The van der Waals surface area contributed by atoms with Crippen molar-refractivity contribution in [3.05, 3.63) is 44.8 Å². The van der Waals surface area contributed by atoms with E-state index in [1.165, 1.54) is 31.2 Å². The number of hydrogen-bond donors (Lipinski definition) is 0. The van der Waals surface area contributed by atoms with Crippen LogP contribution in [0, 0.1) is 10.1 Å². The van der Waals surface area contributed by atoms with Crippen LogP contribution in [0.3, 0.4) is 0 Å². The molecule has 1 atom stereocenters. The summed E-state index contributed by atoms with van der Waals surface area (Å²) in [6.07, 6.45) is 1.38. The number of esters is 1. The van der Waals surface area contributed by atoms with Gasteiger partial charge in [-0.1, -0.05) is 12.1 Å². The first-order valence-corrected chi connectivity index (χ1v) is 7.26. The molecule has 2 rings (SSSR count). The van der Waals surface area contributed by atoms with Crippen molar-refractivity contribution < 1.29 is 24.0 Å². The van der Waals surface area contributed by atoms with Crippen LogP contribution in [0.2, 0.25) is 0 Å². The lowest BCUT2D eigenvalue weighted by Gasteiger charge is -2.18. The predicted octanol–water partition coefficient (Wildman–Crippen LogP) is 2.19. The monoisotopic (exact) mass is 336 g/mol. The molecule has 0 unspecified atom stereocenters. The highest BCUT2D eigenvalue weighted by atomic mass is 32.2. The third-order valence-electron chi connectivity index (χ3n) is 3.13. The zero-order valence-electron chi connectivity index (χ0n) is 12.2. The van der Waals surface area contributed by atoms with E-state index in [-0.39, 0.29) is 10.6 Å². The fraction of sp³-hybridized carbons (Fsp3) is 0.214. The molecule has 9 heteroatoms. The van der Waals surface area contributed by atoms with Crippen molar-refractivity contribution in [2.75, 3.05) is 7.11 Å². The Morgan fingerprint density at radius 3 is 2.74 bits per heavy atom. The van der Waals surface area contributed by atoms with Gasteiger partial charge in [-0.15, -0.1) is 0 Å². The molecule has 23 heavy (non-hydrogen) atoms. The van der Waals surface area contributed by atoms with E-state index in [0.717, 1.165) is 12.0 Å². The second-order valence-electron chi connectivity index (χ2n) is 4.60. The summed E-state index contributed by atoms with van der Waals surface area (Å²) in [5, 5.41) is 10.2. The molecule has 1 aromatic carbocycles. The maximum atomic E-state index is 12.3. The minimum Gasteiger partial charge on any atom is -0.467 e. The molecule has 0 N–H and O–H groups in total. The molecule has 0 aromatic heterocycles. The molecular weight excluding hydrogens is 324 g/mol. The molecule has 2 amide bonds. The molecule has 0 aliphatic carbocycles. The number of ether oxygens (including phenoxy) is 1. The summed E-state index contributed by atoms with van der Waals surface area (Å²) in [6, 6.07) is 4.62. The van der Waals surface area contributed by atoms with E-state index in [1.54, 1.807) is 6.07 Å². The zero-order chi connectivity index (χ0) is 17.1. The van der Waals surface area contributed by atoms with Gasteiger partial charge in [0, 0.05) is 12.1 Å². The Balaban J connectivity index is 2.30. The lowest BCUT2D eigenvalue weighted by atomic mass is 10.2. The molecular formula is C14H12N2O6S. The van der Waals surface area contributed by atoms with Crippen LogP contribution in [-0.2, 0) is 14.3 Å². The van der Waals surface area contributed by atoms with Crippen LogP contribution < -0.4 is 0 Å². The second-order valence-corrected chi connectivity index (χ2v) is 5.60. The fourth-order valence-corrected chi connectivity index (χ4v) is 2.88. The molecule has 8 nitrogen and oxygen atoms in total. The van der Waals surface area contributed by atoms with Crippen LogP contribution in [0.5, 0.6) is 0 Å². The summed E-state index contributed by atoms with van der Waals surface area (Å²) in [4.78, 5) is 46.8. The molecule has 1 saturated heterocycles. The summed E-state index contributed by atoms with van der Waals surface area (Å²) in [7, 11) is 1.16. The third kappa shape index (κ3) is 3.39. The topological polar surface area (TPSA) is 107 Å². The van der Waals surface area contributed by atoms with E-state index in [9.17, 15) is 24.5 Å². The number of carbonyl (C=O) groups is 3. The van der Waals surface area contributed by atoms with Crippen molar-refractivity contribution in [3.8, 4) is 0 Å². The van der Waals surface area contributed by atoms with Crippen molar-refractivity contribution in [2.45, 2.75) is 13.0 Å². The van der Waals surface area contributed by atoms with Crippen molar-refractivity contribution >= 4 is 40.6 Å². The highest BCUT2D eigenvalue weighted by molar-refractivity contribution is 8.18. The van der Waals surface area contributed by atoms with Gasteiger partial charge in [0.25, 0.3) is 16.8 Å². The minimum atomic E-state index is -1.04. The number of nitro benzene ring substituents is 1. The van der Waals surface area contributed by atoms with Crippen molar-refractivity contribution in [3.63, 3.8) is 0 Å². The first kappa shape index (κ1) is 16.7. The second kappa shape index (κ2) is 6.61. The lowest BCUT2D eigenvalue weighted by molar-refractivity contribution is -0.384. The minimum absolute atomic E-state index is 0.0891. The van der Waals surface area contributed by atoms with E-state index in [1.807, 2.05) is 0 Å². The van der Waals surface area contributed by atoms with Gasteiger partial charge in [-0.25, -0.2) is 4.79 Å². The van der Waals surface area contributed by atoms with Crippen LogP contribution in [0.1, 0.15) is 12.5 Å². The number of rotatable bonds is 4. The number of imide groups is 1. The molecule has 0 spiro atoms. The van der Waals surface area contributed by atoms with E-state index < -0.39 is 28.1 Å². The standard InChI is InChI=1S/C14H12N2O6S/c1-8(13(18)22-2)15-12(17)11(23-14(15)19)7-9-4-3-5-10(6-9)16(20)21/h3-8H,1-2H3/b11-7+/t8-/m0/s1. The van der Waals surface area contributed by atoms with Gasteiger partial charge in [-0.3, -0.25) is 24.6 Å². The van der Waals surface area contributed by atoms with Gasteiger partial charge in [0.15, 0.2) is 0 Å². The van der Waals surface area contributed by atoms with E-state index in [0.29, 0.717) is 17.3 Å². The SMILES string of the molecule is COC(=O)[C@H](C)N1C(=O)S/C(=C/c2cccc([N+](=O)[O-])c2)C1=O. The number of hydrogen-bond acceptors (Lipinski definition) is 7. The summed E-state index contributed by atoms with van der Waals surface area (Å²) < 4.78 is 4.53. The Labute approximate surface area is 135 Å². The van der Waals surface area contributed by atoms with Gasteiger partial charge >= 0.3 is 5.97 Å². The fourth-order valence-electron chi connectivity index (χ4n) is 1.97. The molecule has 1 aliphatic rings. The van der Waals surface area contributed by atoms with Gasteiger partial charge in [0.2, 0.25) is 0 Å². The lowest BCUT2D eigenvalue weighted by Crippen LogP contribution is -2.42. The predicted molar refractivity (Wildman–Crippen MR) is 82.4 cm³/mol. The number of benzene rings is 1. The smallest absolute Gasteiger partial charge is 0.328 e. The van der Waals surface area contributed by atoms with Gasteiger partial charge in [-0.05, 0) is 30.3 Å². The number of amides is 2. The quantitative estimate of drug-likeness (QED) is 0.359. The van der Waals surface area contributed by atoms with Gasteiger partial charge < -0.3 is 4.74 Å². The van der Waals surface area contributed by atoms with Gasteiger partial charge in [0.1, 0.15) is 6.04 Å². The number of carbonyl (C=O) groups excluding carboxylic acids is 3. The van der Waals surface area contributed by atoms with Crippen LogP contribution in [0.4, 0.5) is 10.5 Å². The molecule has 0 bridgehead atoms. The van der Waals surface area contributed by atoms with Crippen LogP contribution >= 0.6 is 11.8 Å². The van der Waals surface area contributed by atoms with Crippen molar-refractivity contribution in [1.82, 2.24) is 4.90 Å². The molecule has 1 fully saturated rings. The number of thioether (sulfide) groups is 1. The van der Waals surface area contributed by atoms with E-state index in [4.69, 9.17) is 0 Å². The Hall–Kier alpha value is -2.68. The summed E-state index contributed by atoms with van der Waals surface area (Å²) in [6.45, 7) is 1.39. The van der Waals surface area contributed by atoms with Crippen LogP contribution in [0.25, 0.3) is 6.08 Å². The summed E-state index contributed by atoms with van der Waals surface area (Å²) >= 11 is 0.668.